The van der Waals surface area contributed by atoms with Crippen LogP contribution in [0.25, 0.3) is 0 Å². The Morgan fingerprint density at radius 2 is 2.09 bits per heavy atom. The number of hydrogen-bond acceptors (Lipinski definition) is 2. The van der Waals surface area contributed by atoms with Crippen LogP contribution < -0.4 is 0 Å². The van der Waals surface area contributed by atoms with Crippen LogP contribution in [0.4, 0.5) is 13.6 Å². The van der Waals surface area contributed by atoms with Gasteiger partial charge in [0, 0.05) is 12.1 Å². The molecule has 1 fully saturated rings. The fourth-order valence-corrected chi connectivity index (χ4v) is 2.93. The van der Waals surface area contributed by atoms with E-state index >= 15 is 4.39 Å². The van der Waals surface area contributed by atoms with Crippen molar-refractivity contribution in [1.29, 1.82) is 0 Å². The molecule has 122 valence electrons. The molecule has 1 aliphatic rings. The Morgan fingerprint density at radius 1 is 1.41 bits per heavy atom. The van der Waals surface area contributed by atoms with E-state index < -0.39 is 23.2 Å². The van der Waals surface area contributed by atoms with Gasteiger partial charge in [-0.3, -0.25) is 0 Å². The van der Waals surface area contributed by atoms with Crippen molar-refractivity contribution in [3.05, 3.63) is 34.1 Å². The molecule has 0 N–H and O–H groups in total. The van der Waals surface area contributed by atoms with Crippen LogP contribution in [0.15, 0.2) is 22.7 Å². The third-order valence-electron chi connectivity index (χ3n) is 3.53. The number of nitrogens with zero attached hydrogens (tertiary/aromatic N) is 1. The fraction of sp³-hybridized carbons (Fsp3) is 0.562. The average Bonchev–Trinajstić information content (AvgIpc) is 2.40. The highest BCUT2D eigenvalue weighted by Gasteiger charge is 2.42. The number of carbonyl (C=O) groups is 1. The SMILES string of the molecule is CC(C)(C)OC(=O)N1CCCC(F)(c2cccc(Br)c2F)C1. The molecular formula is C16H20BrF2NO2. The van der Waals surface area contributed by atoms with E-state index in [1.54, 1.807) is 26.8 Å². The summed E-state index contributed by atoms with van der Waals surface area (Å²) >= 11 is 3.07. The molecule has 1 aliphatic heterocycles. The molecule has 1 aromatic rings. The van der Waals surface area contributed by atoms with Crippen molar-refractivity contribution in [2.24, 2.45) is 0 Å². The molecule has 0 aliphatic carbocycles. The van der Waals surface area contributed by atoms with Crippen LogP contribution in [-0.2, 0) is 10.4 Å². The highest BCUT2D eigenvalue weighted by atomic mass is 79.9. The van der Waals surface area contributed by atoms with Gasteiger partial charge < -0.3 is 9.64 Å². The van der Waals surface area contributed by atoms with Gasteiger partial charge in [0.1, 0.15) is 11.4 Å². The maximum Gasteiger partial charge on any atom is 0.410 e. The third-order valence-corrected chi connectivity index (χ3v) is 4.14. The van der Waals surface area contributed by atoms with E-state index in [1.165, 1.54) is 17.0 Å². The van der Waals surface area contributed by atoms with Gasteiger partial charge in [0.05, 0.1) is 11.0 Å². The van der Waals surface area contributed by atoms with Gasteiger partial charge in [0.25, 0.3) is 0 Å². The van der Waals surface area contributed by atoms with E-state index in [2.05, 4.69) is 15.9 Å². The molecular weight excluding hydrogens is 356 g/mol. The number of halogens is 3. The third kappa shape index (κ3) is 3.77. The molecule has 1 saturated heterocycles. The number of amides is 1. The number of rotatable bonds is 1. The second-order valence-electron chi connectivity index (χ2n) is 6.57. The standard InChI is InChI=1S/C16H20BrF2NO2/c1-15(2,3)22-14(21)20-9-5-8-16(19,10-20)11-6-4-7-12(17)13(11)18/h4,6-7H,5,8-10H2,1-3H3. The molecule has 6 heteroatoms. The molecule has 0 radical (unpaired) electrons. The Hall–Kier alpha value is -1.17. The van der Waals surface area contributed by atoms with Gasteiger partial charge in [-0.1, -0.05) is 12.1 Å². The Balaban J connectivity index is 2.22. The summed E-state index contributed by atoms with van der Waals surface area (Å²) in [4.78, 5) is 13.4. The lowest BCUT2D eigenvalue weighted by Gasteiger charge is -2.38. The molecule has 1 heterocycles. The van der Waals surface area contributed by atoms with Crippen molar-refractivity contribution in [1.82, 2.24) is 4.90 Å². The molecule has 0 bridgehead atoms. The van der Waals surface area contributed by atoms with E-state index in [4.69, 9.17) is 4.74 Å². The smallest absolute Gasteiger partial charge is 0.410 e. The van der Waals surface area contributed by atoms with E-state index in [9.17, 15) is 9.18 Å². The van der Waals surface area contributed by atoms with Crippen LogP contribution in [0.3, 0.4) is 0 Å². The summed E-state index contributed by atoms with van der Waals surface area (Å²) < 4.78 is 35.0. The van der Waals surface area contributed by atoms with E-state index in [0.29, 0.717) is 13.0 Å². The number of alkyl halides is 1. The first-order chi connectivity index (χ1) is 10.1. The van der Waals surface area contributed by atoms with Gasteiger partial charge in [0.2, 0.25) is 0 Å². The Bertz CT molecular complexity index is 574. The van der Waals surface area contributed by atoms with E-state index in [1.807, 2.05) is 0 Å². The quantitative estimate of drug-likeness (QED) is 0.706. The van der Waals surface area contributed by atoms with E-state index in [0.717, 1.165) is 0 Å². The van der Waals surface area contributed by atoms with Gasteiger partial charge in [-0.15, -0.1) is 0 Å². The largest absolute Gasteiger partial charge is 0.444 e. The zero-order valence-electron chi connectivity index (χ0n) is 13.0. The van der Waals surface area contributed by atoms with E-state index in [-0.39, 0.29) is 23.0 Å². The number of hydrogen-bond donors (Lipinski definition) is 0. The van der Waals surface area contributed by atoms with Crippen molar-refractivity contribution in [3.8, 4) is 0 Å². The number of benzene rings is 1. The highest BCUT2D eigenvalue weighted by Crippen LogP contribution is 2.38. The molecule has 0 spiro atoms. The summed E-state index contributed by atoms with van der Waals surface area (Å²) in [6.45, 7) is 5.48. The number of piperidine rings is 1. The minimum absolute atomic E-state index is 0.0184. The molecule has 0 saturated carbocycles. The molecule has 1 amide bonds. The summed E-state index contributed by atoms with van der Waals surface area (Å²) in [6, 6.07) is 4.55. The number of ether oxygens (including phenoxy) is 1. The maximum absolute atomic E-state index is 15.3. The second kappa shape index (κ2) is 6.14. The lowest BCUT2D eigenvalue weighted by Crippen LogP contribution is -2.48. The van der Waals surface area contributed by atoms with Crippen LogP contribution >= 0.6 is 15.9 Å². The first kappa shape index (κ1) is 17.2. The second-order valence-corrected chi connectivity index (χ2v) is 7.43. The maximum atomic E-state index is 15.3. The molecule has 0 aromatic heterocycles. The van der Waals surface area contributed by atoms with Crippen LogP contribution in [-0.4, -0.2) is 29.7 Å². The monoisotopic (exact) mass is 375 g/mol. The molecule has 1 atom stereocenters. The lowest BCUT2D eigenvalue weighted by atomic mass is 9.87. The van der Waals surface area contributed by atoms with Gasteiger partial charge in [-0.2, -0.15) is 0 Å². The van der Waals surface area contributed by atoms with Crippen LogP contribution in [0.1, 0.15) is 39.2 Å². The summed E-state index contributed by atoms with van der Waals surface area (Å²) in [5.41, 5.74) is -2.56. The summed E-state index contributed by atoms with van der Waals surface area (Å²) in [5.74, 6) is -0.615. The normalized spacial score (nSPS) is 22.5. The van der Waals surface area contributed by atoms with Gasteiger partial charge in [0.15, 0.2) is 5.67 Å². The summed E-state index contributed by atoms with van der Waals surface area (Å²) in [5, 5.41) is 0. The predicted molar refractivity (Wildman–Crippen MR) is 83.9 cm³/mol. The lowest BCUT2D eigenvalue weighted by molar-refractivity contribution is -0.00761. The van der Waals surface area contributed by atoms with Crippen molar-refractivity contribution in [2.45, 2.75) is 44.9 Å². The minimum Gasteiger partial charge on any atom is -0.444 e. The fourth-order valence-electron chi connectivity index (χ4n) is 2.56. The zero-order chi connectivity index (χ0) is 16.5. The first-order valence-electron chi connectivity index (χ1n) is 7.24. The topological polar surface area (TPSA) is 29.5 Å². The molecule has 1 aromatic carbocycles. The van der Waals surface area contributed by atoms with Gasteiger partial charge >= 0.3 is 6.09 Å². The minimum atomic E-state index is -1.90. The summed E-state index contributed by atoms with van der Waals surface area (Å²) in [6.07, 6.45) is 0.0751. The van der Waals surface area contributed by atoms with Gasteiger partial charge in [-0.05, 0) is 55.6 Å². The number of carbonyl (C=O) groups excluding carboxylic acids is 1. The molecule has 1 unspecified atom stereocenters. The Labute approximate surface area is 137 Å². The predicted octanol–water partition coefficient (Wildman–Crippen LogP) is 4.78. The highest BCUT2D eigenvalue weighted by molar-refractivity contribution is 9.10. The number of likely N-dealkylation sites (tertiary alicyclic amines) is 1. The summed E-state index contributed by atoms with van der Waals surface area (Å²) in [7, 11) is 0. The first-order valence-corrected chi connectivity index (χ1v) is 8.03. The Kier molecular flexibility index (Phi) is 4.80. The molecule has 22 heavy (non-hydrogen) atoms. The van der Waals surface area contributed by atoms with Crippen molar-refractivity contribution < 1.29 is 18.3 Å². The molecule has 2 rings (SSSR count). The van der Waals surface area contributed by atoms with Crippen molar-refractivity contribution in [3.63, 3.8) is 0 Å². The molecule has 3 nitrogen and oxygen atoms in total. The van der Waals surface area contributed by atoms with Crippen molar-refractivity contribution in [2.75, 3.05) is 13.1 Å². The zero-order valence-corrected chi connectivity index (χ0v) is 14.5. The van der Waals surface area contributed by atoms with Crippen LogP contribution in [0.5, 0.6) is 0 Å². The Morgan fingerprint density at radius 3 is 2.73 bits per heavy atom. The van der Waals surface area contributed by atoms with Crippen molar-refractivity contribution >= 4 is 22.0 Å². The van der Waals surface area contributed by atoms with Crippen LogP contribution in [0.2, 0.25) is 0 Å². The van der Waals surface area contributed by atoms with Crippen LogP contribution in [0, 0.1) is 5.82 Å². The average molecular weight is 376 g/mol. The van der Waals surface area contributed by atoms with Gasteiger partial charge in [-0.25, -0.2) is 13.6 Å².